The lowest BCUT2D eigenvalue weighted by Crippen LogP contribution is -2.03. The third-order valence-corrected chi connectivity index (χ3v) is 3.86. The smallest absolute Gasteiger partial charge is 0.147 e. The molecule has 2 aromatic heterocycles. The van der Waals surface area contributed by atoms with Gasteiger partial charge in [-0.2, -0.15) is 4.37 Å². The Kier molecular flexibility index (Phi) is 3.79. The van der Waals surface area contributed by atoms with E-state index in [0.29, 0.717) is 12.4 Å². The van der Waals surface area contributed by atoms with Crippen LogP contribution in [0.1, 0.15) is 11.5 Å². The molecule has 0 saturated heterocycles. The van der Waals surface area contributed by atoms with Crippen molar-refractivity contribution in [2.45, 2.75) is 13.5 Å². The Hall–Kier alpha value is -2.47. The molecule has 21 heavy (non-hydrogen) atoms. The molecule has 0 amide bonds. The number of nitrogen functional groups attached to an aromatic ring is 1. The summed E-state index contributed by atoms with van der Waals surface area (Å²) in [6, 6.07) is 11.9. The van der Waals surface area contributed by atoms with E-state index in [4.69, 9.17) is 5.73 Å². The molecule has 3 rings (SSSR count). The highest BCUT2D eigenvalue weighted by atomic mass is 32.1. The maximum absolute atomic E-state index is 6.00. The molecule has 0 spiro atoms. The minimum Gasteiger partial charge on any atom is -0.382 e. The van der Waals surface area contributed by atoms with Crippen LogP contribution in [0.4, 0.5) is 10.8 Å². The van der Waals surface area contributed by atoms with Crippen molar-refractivity contribution in [2.75, 3.05) is 11.1 Å². The normalized spacial score (nSPS) is 10.5. The summed E-state index contributed by atoms with van der Waals surface area (Å²) in [5.74, 6) is 1.31. The molecule has 5 nitrogen and oxygen atoms in total. The van der Waals surface area contributed by atoms with Gasteiger partial charge in [0.2, 0.25) is 0 Å². The maximum Gasteiger partial charge on any atom is 0.147 e. The standard InChI is InChI=1S/C15H15N5S/c1-10-17-8-7-12(19-10)9-18-15-13(14(16)20-21-15)11-5-3-2-4-6-11/h2-8,18H,9H2,1H3,(H2,16,20). The molecule has 3 aromatic rings. The molecule has 0 unspecified atom stereocenters. The number of rotatable bonds is 4. The number of aryl methyl sites for hydroxylation is 1. The number of hydrogen-bond donors (Lipinski definition) is 2. The third-order valence-electron chi connectivity index (χ3n) is 3.04. The van der Waals surface area contributed by atoms with Crippen molar-refractivity contribution < 1.29 is 0 Å². The topological polar surface area (TPSA) is 76.7 Å². The van der Waals surface area contributed by atoms with Crippen molar-refractivity contribution >= 4 is 22.4 Å². The average molecular weight is 297 g/mol. The second-order valence-electron chi connectivity index (χ2n) is 4.59. The third kappa shape index (κ3) is 3.00. The van der Waals surface area contributed by atoms with Gasteiger partial charge >= 0.3 is 0 Å². The van der Waals surface area contributed by atoms with Crippen LogP contribution >= 0.6 is 11.5 Å². The average Bonchev–Trinajstić information content (AvgIpc) is 2.87. The zero-order valence-electron chi connectivity index (χ0n) is 11.6. The summed E-state index contributed by atoms with van der Waals surface area (Å²) in [5.41, 5.74) is 8.95. The van der Waals surface area contributed by atoms with Gasteiger partial charge in [0.25, 0.3) is 0 Å². The Morgan fingerprint density at radius 1 is 1.19 bits per heavy atom. The Bertz CT molecular complexity index is 739. The first kappa shape index (κ1) is 13.5. The second kappa shape index (κ2) is 5.88. The Morgan fingerprint density at radius 3 is 2.76 bits per heavy atom. The number of hydrogen-bond acceptors (Lipinski definition) is 6. The van der Waals surface area contributed by atoms with E-state index in [1.165, 1.54) is 11.5 Å². The molecule has 106 valence electrons. The summed E-state index contributed by atoms with van der Waals surface area (Å²) in [7, 11) is 0. The molecular formula is C15H15N5S. The van der Waals surface area contributed by atoms with Crippen molar-refractivity contribution in [1.82, 2.24) is 14.3 Å². The Balaban J connectivity index is 1.84. The van der Waals surface area contributed by atoms with Gasteiger partial charge in [-0.3, -0.25) is 0 Å². The summed E-state index contributed by atoms with van der Waals surface area (Å²) in [6.07, 6.45) is 1.76. The van der Waals surface area contributed by atoms with Crippen molar-refractivity contribution in [3.8, 4) is 11.1 Å². The van der Waals surface area contributed by atoms with Crippen LogP contribution in [-0.2, 0) is 6.54 Å². The molecule has 0 atom stereocenters. The molecular weight excluding hydrogens is 282 g/mol. The van der Waals surface area contributed by atoms with Crippen LogP contribution in [0.3, 0.4) is 0 Å². The van der Waals surface area contributed by atoms with Crippen LogP contribution in [0.2, 0.25) is 0 Å². The SMILES string of the molecule is Cc1nccc(CNc2snc(N)c2-c2ccccc2)n1. The quantitative estimate of drug-likeness (QED) is 0.774. The van der Waals surface area contributed by atoms with E-state index in [-0.39, 0.29) is 0 Å². The highest BCUT2D eigenvalue weighted by Gasteiger charge is 2.13. The zero-order valence-corrected chi connectivity index (χ0v) is 12.4. The summed E-state index contributed by atoms with van der Waals surface area (Å²) in [5, 5.41) is 4.32. The van der Waals surface area contributed by atoms with Crippen LogP contribution in [0.5, 0.6) is 0 Å². The van der Waals surface area contributed by atoms with Gasteiger partial charge in [0.15, 0.2) is 0 Å². The lowest BCUT2D eigenvalue weighted by Gasteiger charge is -2.07. The summed E-state index contributed by atoms with van der Waals surface area (Å²) >= 11 is 1.36. The van der Waals surface area contributed by atoms with E-state index >= 15 is 0 Å². The van der Waals surface area contributed by atoms with E-state index in [9.17, 15) is 0 Å². The van der Waals surface area contributed by atoms with Gasteiger partial charge in [0.05, 0.1) is 17.8 Å². The van der Waals surface area contributed by atoms with Crippen LogP contribution in [0.15, 0.2) is 42.6 Å². The van der Waals surface area contributed by atoms with E-state index in [1.807, 2.05) is 43.3 Å². The molecule has 0 saturated carbocycles. The van der Waals surface area contributed by atoms with E-state index in [2.05, 4.69) is 19.7 Å². The molecule has 3 N–H and O–H groups in total. The first-order chi connectivity index (χ1) is 10.2. The van der Waals surface area contributed by atoms with Gasteiger partial charge in [0, 0.05) is 6.20 Å². The van der Waals surface area contributed by atoms with Crippen LogP contribution in [0.25, 0.3) is 11.1 Å². The monoisotopic (exact) mass is 297 g/mol. The van der Waals surface area contributed by atoms with E-state index in [0.717, 1.165) is 27.6 Å². The summed E-state index contributed by atoms with van der Waals surface area (Å²) in [6.45, 7) is 2.49. The van der Waals surface area contributed by atoms with Gasteiger partial charge in [-0.25, -0.2) is 9.97 Å². The van der Waals surface area contributed by atoms with Gasteiger partial charge in [-0.15, -0.1) is 0 Å². The lowest BCUT2D eigenvalue weighted by molar-refractivity contribution is 0.957. The van der Waals surface area contributed by atoms with E-state index in [1.54, 1.807) is 6.20 Å². The Labute approximate surface area is 127 Å². The minimum atomic E-state index is 0.549. The summed E-state index contributed by atoms with van der Waals surface area (Å²) in [4.78, 5) is 8.47. The molecule has 0 aliphatic rings. The second-order valence-corrected chi connectivity index (χ2v) is 5.36. The molecule has 0 aliphatic heterocycles. The molecule has 2 heterocycles. The maximum atomic E-state index is 6.00. The number of benzene rings is 1. The number of nitrogens with one attached hydrogen (secondary N) is 1. The highest BCUT2D eigenvalue weighted by Crippen LogP contribution is 2.36. The number of aromatic nitrogens is 3. The van der Waals surface area contributed by atoms with Gasteiger partial charge in [-0.05, 0) is 30.1 Å². The van der Waals surface area contributed by atoms with E-state index < -0.39 is 0 Å². The fraction of sp³-hybridized carbons (Fsp3) is 0.133. The lowest BCUT2D eigenvalue weighted by atomic mass is 10.1. The number of nitrogens with zero attached hydrogens (tertiary/aromatic N) is 3. The summed E-state index contributed by atoms with van der Waals surface area (Å²) < 4.78 is 4.25. The minimum absolute atomic E-state index is 0.549. The molecule has 6 heteroatoms. The predicted octanol–water partition coefficient (Wildman–Crippen LogP) is 3.10. The molecule has 1 aromatic carbocycles. The molecule has 0 radical (unpaired) electrons. The fourth-order valence-corrected chi connectivity index (χ4v) is 2.81. The van der Waals surface area contributed by atoms with Crippen molar-refractivity contribution in [1.29, 1.82) is 0 Å². The van der Waals surface area contributed by atoms with Crippen molar-refractivity contribution in [3.05, 3.63) is 54.1 Å². The largest absolute Gasteiger partial charge is 0.382 e. The first-order valence-corrected chi connectivity index (χ1v) is 7.34. The van der Waals surface area contributed by atoms with Crippen LogP contribution in [-0.4, -0.2) is 14.3 Å². The molecule has 0 bridgehead atoms. The Morgan fingerprint density at radius 2 is 2.00 bits per heavy atom. The molecule has 0 fully saturated rings. The fourth-order valence-electron chi connectivity index (χ4n) is 2.08. The van der Waals surface area contributed by atoms with Crippen LogP contribution in [0, 0.1) is 6.92 Å². The van der Waals surface area contributed by atoms with Gasteiger partial charge in [-0.1, -0.05) is 30.3 Å². The number of anilines is 2. The van der Waals surface area contributed by atoms with Crippen molar-refractivity contribution in [3.63, 3.8) is 0 Å². The van der Waals surface area contributed by atoms with Crippen LogP contribution < -0.4 is 11.1 Å². The first-order valence-electron chi connectivity index (χ1n) is 6.57. The molecule has 0 aliphatic carbocycles. The number of nitrogens with two attached hydrogens (primary N) is 1. The zero-order chi connectivity index (χ0) is 14.7. The van der Waals surface area contributed by atoms with Crippen molar-refractivity contribution in [2.24, 2.45) is 0 Å². The van der Waals surface area contributed by atoms with Gasteiger partial charge in [0.1, 0.15) is 16.6 Å². The predicted molar refractivity (Wildman–Crippen MR) is 86.1 cm³/mol. The highest BCUT2D eigenvalue weighted by molar-refractivity contribution is 7.11. The van der Waals surface area contributed by atoms with Gasteiger partial charge < -0.3 is 11.1 Å².